The number of aromatic nitrogens is 1. The first-order valence-corrected chi connectivity index (χ1v) is 27.7. The second-order valence-corrected chi connectivity index (χ2v) is 20.9. The minimum absolute atomic E-state index is 0.0497. The number of primary amides is 1. The Kier molecular flexibility index (Phi) is 16.5. The van der Waals surface area contributed by atoms with Gasteiger partial charge in [-0.2, -0.15) is 0 Å². The number of benzene rings is 7. The zero-order chi connectivity index (χ0) is 53.8. The normalized spacial score (nSPS) is 15.2. The summed E-state index contributed by atoms with van der Waals surface area (Å²) in [7, 11) is 0. The fourth-order valence-electron chi connectivity index (χ4n) is 9.29. The van der Waals surface area contributed by atoms with E-state index in [9.17, 15) is 24.0 Å². The number of ether oxygens (including phenoxy) is 2. The maximum absolute atomic E-state index is 14.8. The number of nitrogens with two attached hydrogens (primary N) is 1. The number of esters is 2. The molecule has 2 atom stereocenters. The first kappa shape index (κ1) is 52.7. The topological polar surface area (TPSA) is 192 Å². The second kappa shape index (κ2) is 24.5. The van der Waals surface area contributed by atoms with Gasteiger partial charge in [0.15, 0.2) is 23.1 Å². The minimum Gasteiger partial charge on any atom is -0.450 e. The van der Waals surface area contributed by atoms with E-state index in [0.717, 1.165) is 39.6 Å². The van der Waals surface area contributed by atoms with Gasteiger partial charge in [-0.15, -0.1) is 34.9 Å². The van der Waals surface area contributed by atoms with Gasteiger partial charge in [0.1, 0.15) is 28.3 Å². The molecule has 0 radical (unpaired) electrons. The number of oxime groups is 1. The number of hydrogen-bond acceptors (Lipinski definition) is 14. The highest BCUT2D eigenvalue weighted by atomic mass is 32.2. The van der Waals surface area contributed by atoms with Gasteiger partial charge in [0.05, 0.1) is 5.75 Å². The Balaban J connectivity index is 0.956. The van der Waals surface area contributed by atoms with E-state index in [4.69, 9.17) is 25.0 Å². The number of nitrogens with one attached hydrogen (secondary N) is 2. The highest BCUT2D eigenvalue weighted by Crippen LogP contribution is 2.45. The van der Waals surface area contributed by atoms with Gasteiger partial charge in [-0.3, -0.25) is 19.3 Å². The molecule has 3 heterocycles. The Morgan fingerprint density at radius 2 is 1.12 bits per heavy atom. The van der Waals surface area contributed by atoms with Crippen LogP contribution in [0.3, 0.4) is 0 Å². The van der Waals surface area contributed by atoms with Crippen molar-refractivity contribution in [1.82, 2.24) is 15.2 Å². The van der Waals surface area contributed by atoms with E-state index in [1.54, 1.807) is 5.38 Å². The average Bonchev–Trinajstić information content (AvgIpc) is 4.10. The second-order valence-electron chi connectivity index (χ2n) is 17.9. The van der Waals surface area contributed by atoms with Gasteiger partial charge in [0.25, 0.3) is 11.8 Å². The van der Waals surface area contributed by atoms with Crippen molar-refractivity contribution in [2.75, 3.05) is 23.4 Å². The van der Waals surface area contributed by atoms with Gasteiger partial charge in [0.2, 0.25) is 12.5 Å². The Hall–Kier alpha value is -8.77. The Labute approximate surface area is 462 Å². The molecule has 0 bridgehead atoms. The number of rotatable bonds is 21. The van der Waals surface area contributed by atoms with E-state index in [0.29, 0.717) is 21.2 Å². The van der Waals surface area contributed by atoms with E-state index in [1.807, 2.05) is 212 Å². The number of thioether (sulfide) groups is 2. The fourth-order valence-corrected chi connectivity index (χ4v) is 12.4. The molecule has 8 aromatic rings. The van der Waals surface area contributed by atoms with Gasteiger partial charge >= 0.3 is 11.9 Å². The van der Waals surface area contributed by atoms with Crippen LogP contribution in [-0.4, -0.2) is 74.8 Å². The van der Waals surface area contributed by atoms with Crippen LogP contribution >= 0.6 is 34.9 Å². The number of anilines is 1. The standard InChI is InChI=1S/C61H50N6O8S3/c62-49(68)39-76-48-38-77-58-52(57(71)67(58)53(48)59(72)75-55(42-26-12-3-13-27-42)43-28-14-4-15-29-43)64-56(70)51(66-73-36-50(69)74-54(40-22-8-1-9-23-40)41-24-10-2-11-25-41)47-37-78-60(63-47)65-61(44-30-16-5-17-31-44,45-32-18-6-19-33-45)46-34-20-7-21-35-46/h1-35,37,52,54-55,58H,36,38-39H2,(H2,62,68)(H,63,65)(H,64,70)/b66-51-/t52-,58-/m1/s1. The summed E-state index contributed by atoms with van der Waals surface area (Å²) in [6.45, 7) is -0.690. The van der Waals surface area contributed by atoms with Gasteiger partial charge < -0.3 is 30.7 Å². The maximum Gasteiger partial charge on any atom is 0.356 e. The molecule has 4 N–H and O–H groups in total. The molecule has 1 aromatic heterocycles. The molecule has 0 saturated carbocycles. The lowest BCUT2D eigenvalue weighted by molar-refractivity contribution is -0.154. The molecular weight excluding hydrogens is 1040 g/mol. The third-order valence-electron chi connectivity index (χ3n) is 12.9. The zero-order valence-electron chi connectivity index (χ0n) is 41.6. The molecule has 2 aliphatic heterocycles. The van der Waals surface area contributed by atoms with Gasteiger partial charge in [-0.25, -0.2) is 14.6 Å². The predicted molar refractivity (Wildman–Crippen MR) is 303 cm³/mol. The van der Waals surface area contributed by atoms with Crippen molar-refractivity contribution in [1.29, 1.82) is 0 Å². The van der Waals surface area contributed by atoms with Crippen molar-refractivity contribution in [2.24, 2.45) is 10.9 Å². The van der Waals surface area contributed by atoms with E-state index in [1.165, 1.54) is 28.0 Å². The third kappa shape index (κ3) is 11.6. The molecular formula is C61H50N6O8S3. The van der Waals surface area contributed by atoms with Crippen molar-refractivity contribution in [2.45, 2.75) is 29.2 Å². The van der Waals surface area contributed by atoms with Crippen molar-refractivity contribution >= 4 is 75.4 Å². The number of fused-ring (bicyclic) bond motifs is 1. The summed E-state index contributed by atoms with van der Waals surface area (Å²) < 4.78 is 12.3. The van der Waals surface area contributed by atoms with E-state index >= 15 is 0 Å². The maximum atomic E-state index is 14.8. The van der Waals surface area contributed by atoms with Crippen LogP contribution in [0, 0.1) is 0 Å². The largest absolute Gasteiger partial charge is 0.450 e. The Bertz CT molecular complexity index is 3270. The van der Waals surface area contributed by atoms with Crippen LogP contribution in [0.2, 0.25) is 0 Å². The van der Waals surface area contributed by atoms with E-state index < -0.39 is 65.4 Å². The van der Waals surface area contributed by atoms with Crippen molar-refractivity contribution < 1.29 is 38.3 Å². The van der Waals surface area contributed by atoms with Crippen molar-refractivity contribution in [3.05, 3.63) is 273 Å². The summed E-state index contributed by atoms with van der Waals surface area (Å²) >= 11 is 3.56. The fraction of sp³-hybridized carbons (Fsp3) is 0.131. The molecule has 3 amide bonds. The average molecular weight is 1090 g/mol. The number of thiazole rings is 1. The summed E-state index contributed by atoms with van der Waals surface area (Å²) in [6, 6.07) is 65.6. The molecule has 0 unspecified atom stereocenters. The van der Waals surface area contributed by atoms with E-state index in [-0.39, 0.29) is 28.6 Å². The number of β-lactam (4-membered cyclic amide) rings is 1. The first-order valence-electron chi connectivity index (χ1n) is 24.8. The van der Waals surface area contributed by atoms with Crippen LogP contribution in [0.5, 0.6) is 0 Å². The lowest BCUT2D eigenvalue weighted by atomic mass is 9.77. The molecule has 10 rings (SSSR count). The van der Waals surface area contributed by atoms with Crippen LogP contribution in [0.4, 0.5) is 5.13 Å². The number of amides is 3. The molecule has 78 heavy (non-hydrogen) atoms. The Morgan fingerprint density at radius 1 is 0.667 bits per heavy atom. The molecule has 1 saturated heterocycles. The molecule has 0 spiro atoms. The molecule has 2 aliphatic rings. The van der Waals surface area contributed by atoms with Crippen molar-refractivity contribution in [3.8, 4) is 0 Å². The van der Waals surface area contributed by atoms with Crippen LogP contribution in [0.1, 0.15) is 56.8 Å². The predicted octanol–water partition coefficient (Wildman–Crippen LogP) is 9.76. The lowest BCUT2D eigenvalue weighted by Crippen LogP contribution is -2.71. The van der Waals surface area contributed by atoms with Gasteiger partial charge in [-0.1, -0.05) is 217 Å². The van der Waals surface area contributed by atoms with Crippen LogP contribution in [0.25, 0.3) is 0 Å². The highest BCUT2D eigenvalue weighted by Gasteiger charge is 2.55. The Morgan fingerprint density at radius 3 is 1.58 bits per heavy atom. The molecule has 0 aliphatic carbocycles. The summed E-state index contributed by atoms with van der Waals surface area (Å²) in [6.07, 6.45) is -1.61. The van der Waals surface area contributed by atoms with E-state index in [2.05, 4.69) is 15.8 Å². The monoisotopic (exact) mass is 1090 g/mol. The smallest absolute Gasteiger partial charge is 0.356 e. The number of hydrogen-bond donors (Lipinski definition) is 3. The van der Waals surface area contributed by atoms with Crippen LogP contribution in [-0.2, 0) is 43.8 Å². The van der Waals surface area contributed by atoms with Gasteiger partial charge in [0, 0.05) is 16.0 Å². The van der Waals surface area contributed by atoms with Gasteiger partial charge in [-0.05, 0) is 38.9 Å². The summed E-state index contributed by atoms with van der Waals surface area (Å²) in [5.74, 6) is -3.60. The summed E-state index contributed by atoms with van der Waals surface area (Å²) in [4.78, 5) is 82.0. The SMILES string of the molecule is NC(=O)CSC1=C(C(=O)OC(c2ccccc2)c2ccccc2)N2C(=O)[C@@H](NC(=O)/C(=N\OCC(=O)OC(c3ccccc3)c3ccccc3)c3csc(NC(c4ccccc4)(c4ccccc4)c4ccccc4)n3)[C@H]2SC1. The number of carbonyl (C=O) groups is 5. The zero-order valence-corrected chi connectivity index (χ0v) is 44.1. The number of carbonyl (C=O) groups excluding carboxylic acids is 5. The molecule has 14 nitrogen and oxygen atoms in total. The molecule has 1 fully saturated rings. The lowest BCUT2D eigenvalue weighted by Gasteiger charge is -2.49. The summed E-state index contributed by atoms with van der Waals surface area (Å²) in [5.41, 5.74) is 9.89. The van der Waals surface area contributed by atoms with Crippen molar-refractivity contribution in [3.63, 3.8) is 0 Å². The molecule has 390 valence electrons. The third-order valence-corrected chi connectivity index (χ3v) is 16.2. The summed E-state index contributed by atoms with van der Waals surface area (Å²) in [5, 5.41) is 12.1. The minimum atomic E-state index is -1.17. The van der Waals surface area contributed by atoms with Crippen LogP contribution in [0.15, 0.2) is 233 Å². The quantitative estimate of drug-likeness (QED) is 0.0203. The first-order chi connectivity index (χ1) is 38.2. The van der Waals surface area contributed by atoms with Crippen LogP contribution < -0.4 is 16.4 Å². The molecule has 7 aromatic carbocycles. The highest BCUT2D eigenvalue weighted by molar-refractivity contribution is 8.06. The number of nitrogens with zero attached hydrogens (tertiary/aromatic N) is 3. The molecule has 17 heteroatoms.